The van der Waals surface area contributed by atoms with Gasteiger partial charge in [-0.25, -0.2) is 9.97 Å². The van der Waals surface area contributed by atoms with Gasteiger partial charge in [0, 0.05) is 30.1 Å². The van der Waals surface area contributed by atoms with Crippen molar-refractivity contribution in [1.29, 1.82) is 0 Å². The fraction of sp³-hybridized carbons (Fsp3) is 0.333. The van der Waals surface area contributed by atoms with Crippen molar-refractivity contribution >= 4 is 11.6 Å². The highest BCUT2D eigenvalue weighted by atomic mass is 35.5. The normalized spacial score (nSPS) is 10.5. The third-order valence-electron chi connectivity index (χ3n) is 2.98. The van der Waals surface area contributed by atoms with Crippen LogP contribution in [-0.2, 0) is 6.54 Å². The van der Waals surface area contributed by atoms with E-state index < -0.39 is 0 Å². The standard InChI is InChI=1S/C15H18ClN3O2/c1-4-17-7-10-8-18-15(19-9-10)11-5-12(16)14(21-3)13(6-11)20-2/h5-6,8-9,17H,4,7H2,1-3H3. The number of nitrogens with one attached hydrogen (secondary N) is 1. The van der Waals surface area contributed by atoms with Gasteiger partial charge in [-0.3, -0.25) is 0 Å². The van der Waals surface area contributed by atoms with Crippen molar-refractivity contribution in [2.45, 2.75) is 13.5 Å². The molecule has 1 aromatic heterocycles. The zero-order chi connectivity index (χ0) is 15.2. The lowest BCUT2D eigenvalue weighted by molar-refractivity contribution is 0.355. The second-order valence-electron chi connectivity index (χ2n) is 4.39. The second kappa shape index (κ2) is 7.24. The summed E-state index contributed by atoms with van der Waals surface area (Å²) in [5.74, 6) is 1.66. The summed E-state index contributed by atoms with van der Waals surface area (Å²) < 4.78 is 10.5. The predicted molar refractivity (Wildman–Crippen MR) is 83.0 cm³/mol. The minimum Gasteiger partial charge on any atom is -0.493 e. The number of aromatic nitrogens is 2. The van der Waals surface area contributed by atoms with Gasteiger partial charge >= 0.3 is 0 Å². The highest BCUT2D eigenvalue weighted by Gasteiger charge is 2.13. The van der Waals surface area contributed by atoms with E-state index in [0.717, 1.165) is 24.2 Å². The van der Waals surface area contributed by atoms with Gasteiger partial charge in [-0.15, -0.1) is 0 Å². The van der Waals surface area contributed by atoms with Gasteiger partial charge in [0.1, 0.15) is 0 Å². The minimum absolute atomic E-state index is 0.465. The number of ether oxygens (including phenoxy) is 2. The smallest absolute Gasteiger partial charge is 0.179 e. The quantitative estimate of drug-likeness (QED) is 0.889. The Morgan fingerprint density at radius 2 is 1.86 bits per heavy atom. The summed E-state index contributed by atoms with van der Waals surface area (Å²) in [5.41, 5.74) is 1.82. The van der Waals surface area contributed by atoms with Gasteiger partial charge in [0.25, 0.3) is 0 Å². The van der Waals surface area contributed by atoms with E-state index in [9.17, 15) is 0 Å². The van der Waals surface area contributed by atoms with Crippen LogP contribution in [0, 0.1) is 0 Å². The molecule has 2 aromatic rings. The van der Waals surface area contributed by atoms with Crippen molar-refractivity contribution in [3.63, 3.8) is 0 Å². The topological polar surface area (TPSA) is 56.3 Å². The van der Waals surface area contributed by atoms with Crippen LogP contribution in [0.5, 0.6) is 11.5 Å². The Morgan fingerprint density at radius 1 is 1.14 bits per heavy atom. The second-order valence-corrected chi connectivity index (χ2v) is 4.80. The van der Waals surface area contributed by atoms with E-state index in [1.165, 1.54) is 0 Å². The number of nitrogens with zero attached hydrogens (tertiary/aromatic N) is 2. The van der Waals surface area contributed by atoms with Gasteiger partial charge in [0.2, 0.25) is 0 Å². The molecule has 1 heterocycles. The largest absolute Gasteiger partial charge is 0.493 e. The number of halogens is 1. The van der Waals surface area contributed by atoms with Gasteiger partial charge in [-0.1, -0.05) is 18.5 Å². The molecule has 112 valence electrons. The summed E-state index contributed by atoms with van der Waals surface area (Å²) in [6, 6.07) is 3.58. The predicted octanol–water partition coefficient (Wildman–Crippen LogP) is 2.92. The molecule has 1 N–H and O–H groups in total. The first kappa shape index (κ1) is 15.5. The van der Waals surface area contributed by atoms with Crippen molar-refractivity contribution in [3.05, 3.63) is 35.1 Å². The van der Waals surface area contributed by atoms with E-state index in [2.05, 4.69) is 22.2 Å². The van der Waals surface area contributed by atoms with E-state index in [1.54, 1.807) is 32.7 Å². The van der Waals surface area contributed by atoms with E-state index in [0.29, 0.717) is 22.3 Å². The van der Waals surface area contributed by atoms with Gasteiger partial charge in [-0.2, -0.15) is 0 Å². The zero-order valence-electron chi connectivity index (χ0n) is 12.3. The molecule has 0 saturated heterocycles. The lowest BCUT2D eigenvalue weighted by Crippen LogP contribution is -2.12. The molecule has 0 aliphatic heterocycles. The summed E-state index contributed by atoms with van der Waals surface area (Å²) in [4.78, 5) is 8.74. The van der Waals surface area contributed by atoms with E-state index >= 15 is 0 Å². The molecule has 0 bridgehead atoms. The first-order valence-corrected chi connectivity index (χ1v) is 7.01. The molecule has 6 heteroatoms. The maximum Gasteiger partial charge on any atom is 0.179 e. The van der Waals surface area contributed by atoms with Crippen molar-refractivity contribution in [3.8, 4) is 22.9 Å². The van der Waals surface area contributed by atoms with Crippen LogP contribution in [0.4, 0.5) is 0 Å². The highest BCUT2D eigenvalue weighted by Crippen LogP contribution is 2.38. The van der Waals surface area contributed by atoms with Crippen LogP contribution < -0.4 is 14.8 Å². The number of benzene rings is 1. The summed E-state index contributed by atoms with van der Waals surface area (Å²) in [5, 5.41) is 3.69. The van der Waals surface area contributed by atoms with E-state index in [1.807, 2.05) is 6.07 Å². The molecule has 0 spiro atoms. The van der Waals surface area contributed by atoms with Gasteiger partial charge in [0.15, 0.2) is 17.3 Å². The zero-order valence-corrected chi connectivity index (χ0v) is 13.1. The van der Waals surface area contributed by atoms with Crippen LogP contribution in [0.15, 0.2) is 24.5 Å². The van der Waals surface area contributed by atoms with E-state index in [4.69, 9.17) is 21.1 Å². The Balaban J connectivity index is 2.31. The van der Waals surface area contributed by atoms with Crippen molar-refractivity contribution in [2.24, 2.45) is 0 Å². The summed E-state index contributed by atoms with van der Waals surface area (Å²) in [7, 11) is 3.12. The number of rotatable bonds is 6. The summed E-state index contributed by atoms with van der Waals surface area (Å²) in [6.45, 7) is 3.72. The Labute approximate surface area is 129 Å². The molecule has 21 heavy (non-hydrogen) atoms. The van der Waals surface area contributed by atoms with Crippen LogP contribution in [-0.4, -0.2) is 30.7 Å². The van der Waals surface area contributed by atoms with Crippen molar-refractivity contribution < 1.29 is 9.47 Å². The molecule has 5 nitrogen and oxygen atoms in total. The fourth-order valence-electron chi connectivity index (χ4n) is 1.91. The van der Waals surface area contributed by atoms with Crippen LogP contribution in [0.3, 0.4) is 0 Å². The van der Waals surface area contributed by atoms with Crippen molar-refractivity contribution in [2.75, 3.05) is 20.8 Å². The molecule has 0 fully saturated rings. The van der Waals surface area contributed by atoms with Crippen LogP contribution in [0.1, 0.15) is 12.5 Å². The molecule has 0 unspecified atom stereocenters. The average molecular weight is 308 g/mol. The monoisotopic (exact) mass is 307 g/mol. The van der Waals surface area contributed by atoms with Crippen LogP contribution in [0.25, 0.3) is 11.4 Å². The summed E-state index contributed by atoms with van der Waals surface area (Å²) in [6.07, 6.45) is 3.60. The first-order valence-electron chi connectivity index (χ1n) is 6.63. The summed E-state index contributed by atoms with van der Waals surface area (Å²) >= 11 is 6.19. The molecule has 0 saturated carbocycles. The molecular formula is C15H18ClN3O2. The number of methoxy groups -OCH3 is 2. The Bertz CT molecular complexity index is 603. The maximum atomic E-state index is 6.19. The lowest BCUT2D eigenvalue weighted by Gasteiger charge is -2.11. The number of hydrogen-bond acceptors (Lipinski definition) is 5. The van der Waals surface area contributed by atoms with Crippen LogP contribution >= 0.6 is 11.6 Å². The lowest BCUT2D eigenvalue weighted by atomic mass is 10.2. The Hall–Kier alpha value is -1.85. The van der Waals surface area contributed by atoms with Gasteiger partial charge < -0.3 is 14.8 Å². The third-order valence-corrected chi connectivity index (χ3v) is 3.26. The maximum absolute atomic E-state index is 6.19. The fourth-order valence-corrected chi connectivity index (χ4v) is 2.20. The molecule has 0 amide bonds. The van der Waals surface area contributed by atoms with Gasteiger partial charge in [-0.05, 0) is 18.7 Å². The van der Waals surface area contributed by atoms with Crippen molar-refractivity contribution in [1.82, 2.24) is 15.3 Å². The highest BCUT2D eigenvalue weighted by molar-refractivity contribution is 6.32. The molecule has 0 radical (unpaired) electrons. The molecule has 2 rings (SSSR count). The minimum atomic E-state index is 0.465. The molecule has 0 aliphatic rings. The first-order chi connectivity index (χ1) is 10.2. The van der Waals surface area contributed by atoms with Gasteiger partial charge in [0.05, 0.1) is 19.2 Å². The molecule has 0 aliphatic carbocycles. The average Bonchev–Trinajstić information content (AvgIpc) is 2.52. The third kappa shape index (κ3) is 3.62. The molecule has 0 atom stereocenters. The molecule has 1 aromatic carbocycles. The molecular weight excluding hydrogens is 290 g/mol. The Kier molecular flexibility index (Phi) is 5.36. The van der Waals surface area contributed by atoms with Crippen LogP contribution in [0.2, 0.25) is 5.02 Å². The number of hydrogen-bond donors (Lipinski definition) is 1. The van der Waals surface area contributed by atoms with E-state index in [-0.39, 0.29) is 0 Å². The Morgan fingerprint density at radius 3 is 2.43 bits per heavy atom. The SMILES string of the molecule is CCNCc1cnc(-c2cc(Cl)c(OC)c(OC)c2)nc1.